The molecule has 0 unspecified atom stereocenters. The Labute approximate surface area is 65.3 Å². The molecule has 0 N–H and O–H groups in total. The molecule has 1 heterocycles. The lowest BCUT2D eigenvalue weighted by atomic mass is 10.1. The molecule has 1 aliphatic rings. The van der Waals surface area contributed by atoms with Crippen LogP contribution in [0.4, 0.5) is 0 Å². The minimum Gasteiger partial charge on any atom is -0.156 e. The molecule has 1 aliphatic heterocycles. The fourth-order valence-electron chi connectivity index (χ4n) is 0.972. The zero-order chi connectivity index (χ0) is 7.68. The van der Waals surface area contributed by atoms with Gasteiger partial charge in [-0.1, -0.05) is 29.8 Å². The second-order valence-corrected chi connectivity index (χ2v) is 2.60. The van der Waals surface area contributed by atoms with Crippen molar-refractivity contribution in [3.63, 3.8) is 0 Å². The molecule has 2 heteroatoms. The van der Waals surface area contributed by atoms with Crippen LogP contribution in [-0.2, 0) is 0 Å². The van der Waals surface area contributed by atoms with Gasteiger partial charge in [-0.2, -0.15) is 5.11 Å². The molecule has 2 rings (SSSR count). The van der Waals surface area contributed by atoms with E-state index in [2.05, 4.69) is 41.4 Å². The maximum atomic E-state index is 3.86. The van der Waals surface area contributed by atoms with E-state index < -0.39 is 0 Å². The van der Waals surface area contributed by atoms with Gasteiger partial charge in [0.2, 0.25) is 0 Å². The lowest BCUT2D eigenvalue weighted by molar-refractivity contribution is 1.15. The van der Waals surface area contributed by atoms with Crippen molar-refractivity contribution in [2.24, 2.45) is 10.2 Å². The minimum atomic E-state index is 0.977. The van der Waals surface area contributed by atoms with Gasteiger partial charge in [-0.15, -0.1) is 5.11 Å². The topological polar surface area (TPSA) is 24.7 Å². The summed E-state index contributed by atoms with van der Waals surface area (Å²) < 4.78 is 0. The average Bonchev–Trinajstić information content (AvgIpc) is 1.90. The number of azo groups is 1. The highest BCUT2D eigenvalue weighted by Crippen LogP contribution is 2.22. The normalized spacial score (nSPS) is 14.1. The molecule has 1 aromatic rings. The lowest BCUT2D eigenvalue weighted by Gasteiger charge is -2.03. The summed E-state index contributed by atoms with van der Waals surface area (Å²) >= 11 is 0. The molecule has 0 amide bonds. The van der Waals surface area contributed by atoms with Crippen molar-refractivity contribution in [1.82, 2.24) is 0 Å². The molecule has 0 atom stereocenters. The van der Waals surface area contributed by atoms with Gasteiger partial charge in [-0.3, -0.25) is 0 Å². The van der Waals surface area contributed by atoms with Crippen LogP contribution in [0.15, 0.2) is 40.7 Å². The van der Waals surface area contributed by atoms with Crippen LogP contribution in [0.2, 0.25) is 0 Å². The van der Waals surface area contributed by atoms with Crippen LogP contribution in [0.5, 0.6) is 0 Å². The molecule has 0 saturated carbocycles. The Morgan fingerprint density at radius 1 is 1.09 bits per heavy atom. The summed E-state index contributed by atoms with van der Waals surface area (Å²) in [5.41, 5.74) is 3.39. The molecular formula is C9H8N2. The van der Waals surface area contributed by atoms with Gasteiger partial charge in [0.05, 0.1) is 6.20 Å². The van der Waals surface area contributed by atoms with E-state index in [9.17, 15) is 0 Å². The molecule has 0 spiro atoms. The zero-order valence-corrected chi connectivity index (χ0v) is 6.28. The summed E-state index contributed by atoms with van der Waals surface area (Å²) in [6.07, 6.45) is 1.77. The van der Waals surface area contributed by atoms with E-state index in [-0.39, 0.29) is 0 Å². The third-order valence-electron chi connectivity index (χ3n) is 1.69. The molecule has 1 aromatic carbocycles. The highest BCUT2D eigenvalue weighted by Gasteiger charge is 2.03. The van der Waals surface area contributed by atoms with Crippen LogP contribution in [0.25, 0.3) is 5.70 Å². The Morgan fingerprint density at radius 2 is 1.73 bits per heavy atom. The summed E-state index contributed by atoms with van der Waals surface area (Å²) in [7, 11) is 0. The summed E-state index contributed by atoms with van der Waals surface area (Å²) in [5, 5.41) is 7.51. The highest BCUT2D eigenvalue weighted by atomic mass is 15.2. The van der Waals surface area contributed by atoms with Crippen LogP contribution in [0, 0.1) is 6.92 Å². The maximum Gasteiger partial charge on any atom is 0.113 e. The van der Waals surface area contributed by atoms with Crippen molar-refractivity contribution < 1.29 is 0 Å². The fourth-order valence-corrected chi connectivity index (χ4v) is 0.972. The molecular weight excluding hydrogens is 136 g/mol. The predicted octanol–water partition coefficient (Wildman–Crippen LogP) is 2.76. The van der Waals surface area contributed by atoms with Gasteiger partial charge in [-0.25, -0.2) is 0 Å². The molecule has 0 aliphatic carbocycles. The van der Waals surface area contributed by atoms with E-state index in [0.717, 1.165) is 11.3 Å². The summed E-state index contributed by atoms with van der Waals surface area (Å²) in [6.45, 7) is 2.07. The molecule has 0 fully saturated rings. The van der Waals surface area contributed by atoms with Gasteiger partial charge >= 0.3 is 0 Å². The first-order valence-corrected chi connectivity index (χ1v) is 3.54. The number of rotatable bonds is 1. The first-order valence-electron chi connectivity index (χ1n) is 3.54. The minimum absolute atomic E-state index is 0.977. The second kappa shape index (κ2) is 2.31. The van der Waals surface area contributed by atoms with Crippen molar-refractivity contribution in [1.29, 1.82) is 0 Å². The fraction of sp³-hybridized carbons (Fsp3) is 0.111. The van der Waals surface area contributed by atoms with Gasteiger partial charge in [0.1, 0.15) is 5.70 Å². The SMILES string of the molecule is Cc1ccc(C2=CN=N2)cc1. The third-order valence-corrected chi connectivity index (χ3v) is 1.69. The van der Waals surface area contributed by atoms with Crippen LogP contribution >= 0.6 is 0 Å². The average molecular weight is 144 g/mol. The Kier molecular flexibility index (Phi) is 1.32. The van der Waals surface area contributed by atoms with Crippen molar-refractivity contribution in [2.75, 3.05) is 0 Å². The predicted molar refractivity (Wildman–Crippen MR) is 44.0 cm³/mol. The van der Waals surface area contributed by atoms with Gasteiger partial charge in [0.15, 0.2) is 0 Å². The number of nitrogens with zero attached hydrogens (tertiary/aromatic N) is 2. The molecule has 0 aromatic heterocycles. The molecule has 2 nitrogen and oxygen atoms in total. The Bertz CT molecular complexity index is 320. The van der Waals surface area contributed by atoms with Crippen molar-refractivity contribution in [2.45, 2.75) is 6.92 Å². The molecule has 0 radical (unpaired) electrons. The van der Waals surface area contributed by atoms with E-state index in [4.69, 9.17) is 0 Å². The van der Waals surface area contributed by atoms with Crippen molar-refractivity contribution in [3.05, 3.63) is 41.6 Å². The first kappa shape index (κ1) is 6.28. The maximum absolute atomic E-state index is 3.86. The lowest BCUT2D eigenvalue weighted by Crippen LogP contribution is -1.84. The monoisotopic (exact) mass is 144 g/mol. The number of aryl methyl sites for hydroxylation is 1. The van der Waals surface area contributed by atoms with Crippen molar-refractivity contribution in [3.8, 4) is 0 Å². The van der Waals surface area contributed by atoms with Crippen LogP contribution < -0.4 is 0 Å². The van der Waals surface area contributed by atoms with E-state index in [1.807, 2.05) is 0 Å². The first-order chi connectivity index (χ1) is 5.36. The van der Waals surface area contributed by atoms with Crippen LogP contribution in [-0.4, -0.2) is 0 Å². The van der Waals surface area contributed by atoms with Gasteiger partial charge < -0.3 is 0 Å². The number of hydrogen-bond acceptors (Lipinski definition) is 2. The van der Waals surface area contributed by atoms with E-state index in [1.165, 1.54) is 5.56 Å². The Hall–Kier alpha value is -1.44. The van der Waals surface area contributed by atoms with Crippen LogP contribution in [0.1, 0.15) is 11.1 Å². The molecule has 54 valence electrons. The number of hydrogen-bond donors (Lipinski definition) is 0. The number of benzene rings is 1. The molecule has 0 saturated heterocycles. The third kappa shape index (κ3) is 1.07. The smallest absolute Gasteiger partial charge is 0.113 e. The van der Waals surface area contributed by atoms with Gasteiger partial charge in [-0.05, 0) is 6.92 Å². The molecule has 11 heavy (non-hydrogen) atoms. The highest BCUT2D eigenvalue weighted by molar-refractivity contribution is 5.66. The summed E-state index contributed by atoms with van der Waals surface area (Å²) in [5.74, 6) is 0. The molecule has 0 bridgehead atoms. The largest absolute Gasteiger partial charge is 0.156 e. The quantitative estimate of drug-likeness (QED) is 0.579. The van der Waals surface area contributed by atoms with Crippen molar-refractivity contribution >= 4 is 5.70 Å². The standard InChI is InChI=1S/C9H8N2/c1-7-2-4-8(5-3-7)9-6-10-11-9/h2-6H,1H3. The zero-order valence-electron chi connectivity index (χ0n) is 6.28. The van der Waals surface area contributed by atoms with Gasteiger partial charge in [0, 0.05) is 5.56 Å². The Balaban J connectivity index is 2.33. The van der Waals surface area contributed by atoms with E-state index in [0.29, 0.717) is 0 Å². The second-order valence-electron chi connectivity index (χ2n) is 2.60. The Morgan fingerprint density at radius 3 is 2.18 bits per heavy atom. The van der Waals surface area contributed by atoms with E-state index in [1.54, 1.807) is 6.20 Å². The van der Waals surface area contributed by atoms with Crippen LogP contribution in [0.3, 0.4) is 0 Å². The van der Waals surface area contributed by atoms with Gasteiger partial charge in [0.25, 0.3) is 0 Å². The van der Waals surface area contributed by atoms with E-state index >= 15 is 0 Å². The summed E-state index contributed by atoms with van der Waals surface area (Å²) in [4.78, 5) is 0. The summed E-state index contributed by atoms with van der Waals surface area (Å²) in [6, 6.07) is 8.26.